The number of aliphatic imine (C=N–C) groups is 2. The molecule has 0 spiro atoms. The number of esters is 1. The number of ether oxygens (including phenoxy) is 1. The first-order chi connectivity index (χ1) is 10.9. The Morgan fingerprint density at radius 3 is 2.83 bits per heavy atom. The van der Waals surface area contributed by atoms with Crippen molar-refractivity contribution in [2.75, 3.05) is 5.32 Å². The lowest BCUT2D eigenvalue weighted by molar-refractivity contribution is -0.133. The molecule has 7 nitrogen and oxygen atoms in total. The number of hydrogen-bond acceptors (Lipinski definition) is 7. The lowest BCUT2D eigenvalue weighted by Crippen LogP contribution is -2.45. The highest BCUT2D eigenvalue weighted by molar-refractivity contribution is 6.07. The third-order valence-electron chi connectivity index (χ3n) is 3.08. The predicted octanol–water partition coefficient (Wildman–Crippen LogP) is 2.26. The third kappa shape index (κ3) is 3.63. The number of para-hydroxylation sites is 1. The fourth-order valence-corrected chi connectivity index (χ4v) is 2.22. The Kier molecular flexibility index (Phi) is 3.69. The summed E-state index contributed by atoms with van der Waals surface area (Å²) in [6, 6.07) is 9.92. The molecule has 118 valence electrons. The van der Waals surface area contributed by atoms with E-state index in [4.69, 9.17) is 4.74 Å². The molecule has 0 radical (unpaired) electrons. The van der Waals surface area contributed by atoms with Gasteiger partial charge in [0.05, 0.1) is 17.4 Å². The van der Waals surface area contributed by atoms with Gasteiger partial charge in [-0.1, -0.05) is 18.2 Å². The molecule has 1 aromatic heterocycles. The summed E-state index contributed by atoms with van der Waals surface area (Å²) < 4.78 is 5.03. The minimum atomic E-state index is -0.733. The van der Waals surface area contributed by atoms with Gasteiger partial charge in [0, 0.05) is 12.3 Å². The van der Waals surface area contributed by atoms with Gasteiger partial charge >= 0.3 is 12.0 Å². The van der Waals surface area contributed by atoms with Crippen LogP contribution in [0.4, 0.5) is 5.69 Å². The number of benzene rings is 1. The first-order valence-corrected chi connectivity index (χ1v) is 7.18. The second-order valence-corrected chi connectivity index (χ2v) is 5.63. The molecule has 2 N–H and O–H groups in total. The van der Waals surface area contributed by atoms with Gasteiger partial charge in [0.25, 0.3) is 0 Å². The lowest BCUT2D eigenvalue weighted by Gasteiger charge is -2.25. The molecule has 1 aromatic carbocycles. The number of nitrogens with zero attached hydrogens (tertiary/aromatic N) is 3. The van der Waals surface area contributed by atoms with Crippen LogP contribution < -0.4 is 10.6 Å². The summed E-state index contributed by atoms with van der Waals surface area (Å²) in [5, 5.41) is 7.01. The molecule has 2 aromatic rings. The summed E-state index contributed by atoms with van der Waals surface area (Å²) in [4.78, 5) is 24.2. The van der Waals surface area contributed by atoms with Gasteiger partial charge in [0.15, 0.2) is 5.66 Å². The van der Waals surface area contributed by atoms with Crippen LogP contribution in [0.1, 0.15) is 20.8 Å². The normalized spacial score (nSPS) is 16.1. The third-order valence-corrected chi connectivity index (χ3v) is 3.08. The topological polar surface area (TPSA) is 88.0 Å². The molecule has 3 rings (SSSR count). The number of carbonyl (C=O) groups is 1. The molecule has 23 heavy (non-hydrogen) atoms. The van der Waals surface area contributed by atoms with E-state index < -0.39 is 11.6 Å². The highest BCUT2D eigenvalue weighted by Crippen LogP contribution is 2.18. The predicted molar refractivity (Wildman–Crippen MR) is 89.2 cm³/mol. The molecule has 7 heteroatoms. The Hall–Kier alpha value is -2.96. The molecule has 0 unspecified atom stereocenters. The van der Waals surface area contributed by atoms with Gasteiger partial charge < -0.3 is 10.1 Å². The van der Waals surface area contributed by atoms with E-state index >= 15 is 0 Å². The number of carbonyl (C=O) groups excluding carboxylic acids is 1. The first-order valence-electron chi connectivity index (χ1n) is 7.18. The van der Waals surface area contributed by atoms with E-state index in [-0.39, 0.29) is 6.02 Å². The summed E-state index contributed by atoms with van der Waals surface area (Å²) in [7, 11) is 0. The molecule has 0 atom stereocenters. The van der Waals surface area contributed by atoms with Gasteiger partial charge in [-0.15, -0.1) is 0 Å². The maximum Gasteiger partial charge on any atom is 0.310 e. The van der Waals surface area contributed by atoms with Crippen LogP contribution in [0.2, 0.25) is 0 Å². The van der Waals surface area contributed by atoms with Crippen molar-refractivity contribution >= 4 is 34.5 Å². The number of nitrogens with one attached hydrogen (secondary N) is 2. The SMILES string of the molecule is CC(=O)OC1=NC(C)(C)N=C(Nc2cnc3ccccc3c2)N1. The number of amidine groups is 1. The van der Waals surface area contributed by atoms with Crippen LogP contribution >= 0.6 is 0 Å². The van der Waals surface area contributed by atoms with Crippen molar-refractivity contribution in [1.82, 2.24) is 10.3 Å². The smallest absolute Gasteiger partial charge is 0.310 e. The van der Waals surface area contributed by atoms with Crippen LogP contribution in [-0.2, 0) is 9.53 Å². The van der Waals surface area contributed by atoms with Crippen molar-refractivity contribution in [1.29, 1.82) is 0 Å². The number of hydrogen-bond donors (Lipinski definition) is 2. The van der Waals surface area contributed by atoms with E-state index in [1.54, 1.807) is 6.20 Å². The van der Waals surface area contributed by atoms with Crippen LogP contribution in [0.15, 0.2) is 46.5 Å². The van der Waals surface area contributed by atoms with E-state index in [9.17, 15) is 4.79 Å². The Bertz CT molecular complexity index is 826. The van der Waals surface area contributed by atoms with Crippen molar-refractivity contribution in [3.8, 4) is 0 Å². The van der Waals surface area contributed by atoms with Crippen molar-refractivity contribution < 1.29 is 9.53 Å². The fraction of sp³-hybridized carbons (Fsp3) is 0.250. The number of pyridine rings is 1. The van der Waals surface area contributed by atoms with Gasteiger partial charge in [-0.25, -0.2) is 9.98 Å². The number of fused-ring (bicyclic) bond motifs is 1. The second-order valence-electron chi connectivity index (χ2n) is 5.63. The van der Waals surface area contributed by atoms with Gasteiger partial charge in [0.1, 0.15) is 0 Å². The zero-order valence-corrected chi connectivity index (χ0v) is 13.1. The molecular weight excluding hydrogens is 294 g/mol. The summed E-state index contributed by atoms with van der Waals surface area (Å²) in [6.07, 6.45) is 1.72. The zero-order valence-electron chi connectivity index (χ0n) is 13.1. The maximum absolute atomic E-state index is 11.1. The fourth-order valence-electron chi connectivity index (χ4n) is 2.22. The first kappa shape index (κ1) is 15.0. The van der Waals surface area contributed by atoms with Crippen molar-refractivity contribution in [3.63, 3.8) is 0 Å². The van der Waals surface area contributed by atoms with Gasteiger partial charge in [0.2, 0.25) is 5.96 Å². The van der Waals surface area contributed by atoms with Crippen molar-refractivity contribution in [2.24, 2.45) is 9.98 Å². The molecule has 2 heterocycles. The van der Waals surface area contributed by atoms with Crippen molar-refractivity contribution in [2.45, 2.75) is 26.4 Å². The zero-order chi connectivity index (χ0) is 16.4. The Morgan fingerprint density at radius 2 is 2.04 bits per heavy atom. The molecule has 0 amide bonds. The number of anilines is 1. The second kappa shape index (κ2) is 5.68. The minimum absolute atomic E-state index is 0.119. The lowest BCUT2D eigenvalue weighted by atomic mass is 10.2. The maximum atomic E-state index is 11.1. The quantitative estimate of drug-likeness (QED) is 0.789. The molecule has 0 aliphatic carbocycles. The number of aromatic nitrogens is 1. The standard InChI is InChI=1S/C16H17N5O2/c1-10(22)23-15-19-14(20-16(2,3)21-15)18-12-8-11-6-4-5-7-13(11)17-9-12/h4-9H,1-3H3,(H2,18,19,20,21). The van der Waals surface area contributed by atoms with E-state index in [1.807, 2.05) is 44.2 Å². The summed E-state index contributed by atoms with van der Waals surface area (Å²) in [5.41, 5.74) is 0.955. The highest BCUT2D eigenvalue weighted by Gasteiger charge is 2.25. The summed E-state index contributed by atoms with van der Waals surface area (Å²) in [6.45, 7) is 4.96. The minimum Gasteiger partial charge on any atom is -0.393 e. The molecular formula is C16H17N5O2. The Labute approximate surface area is 133 Å². The van der Waals surface area contributed by atoms with Crippen LogP contribution in [0.5, 0.6) is 0 Å². The van der Waals surface area contributed by atoms with Gasteiger partial charge in [-0.2, -0.15) is 0 Å². The van der Waals surface area contributed by atoms with Crippen LogP contribution in [0.3, 0.4) is 0 Å². The van der Waals surface area contributed by atoms with E-state index in [1.165, 1.54) is 6.92 Å². The number of guanidine groups is 1. The molecule has 0 saturated heterocycles. The molecule has 1 aliphatic heterocycles. The Balaban J connectivity index is 1.83. The summed E-state index contributed by atoms with van der Waals surface area (Å²) in [5.74, 6) is -0.000923. The van der Waals surface area contributed by atoms with Gasteiger partial charge in [-0.05, 0) is 26.0 Å². The molecule has 0 saturated carbocycles. The van der Waals surface area contributed by atoms with Crippen molar-refractivity contribution in [3.05, 3.63) is 36.5 Å². The molecule has 0 bridgehead atoms. The van der Waals surface area contributed by atoms with E-state index in [0.29, 0.717) is 5.96 Å². The molecule has 1 aliphatic rings. The van der Waals surface area contributed by atoms with Crippen LogP contribution in [0.25, 0.3) is 10.9 Å². The Morgan fingerprint density at radius 1 is 1.26 bits per heavy atom. The summed E-state index contributed by atoms with van der Waals surface area (Å²) >= 11 is 0. The van der Waals surface area contributed by atoms with Gasteiger partial charge in [-0.3, -0.25) is 15.1 Å². The highest BCUT2D eigenvalue weighted by atomic mass is 16.6. The van der Waals surface area contributed by atoms with E-state index in [2.05, 4.69) is 25.6 Å². The average Bonchev–Trinajstić information content (AvgIpc) is 2.44. The number of rotatable bonds is 1. The average molecular weight is 311 g/mol. The molecule has 0 fully saturated rings. The monoisotopic (exact) mass is 311 g/mol. The van der Waals surface area contributed by atoms with Crippen LogP contribution in [-0.4, -0.2) is 28.6 Å². The van der Waals surface area contributed by atoms with Crippen LogP contribution in [0, 0.1) is 0 Å². The van der Waals surface area contributed by atoms with E-state index in [0.717, 1.165) is 16.6 Å². The largest absolute Gasteiger partial charge is 0.393 e.